The van der Waals surface area contributed by atoms with Crippen molar-refractivity contribution in [2.75, 3.05) is 13.1 Å². The molecule has 1 heterocycles. The molecule has 1 saturated heterocycles. The van der Waals surface area contributed by atoms with Gasteiger partial charge in [-0.15, -0.1) is 0 Å². The van der Waals surface area contributed by atoms with E-state index in [1.54, 1.807) is 0 Å². The van der Waals surface area contributed by atoms with Gasteiger partial charge in [-0.05, 0) is 12.8 Å². The number of carbonyl (C=O) groups excluding carboxylic acids is 1. The van der Waals surface area contributed by atoms with Crippen LogP contribution in [-0.2, 0) is 14.3 Å². The Hall–Kier alpha value is -1.22. The molecule has 21 heavy (non-hydrogen) atoms. The number of aliphatic hydroxyl groups is 3. The summed E-state index contributed by atoms with van der Waals surface area (Å²) in [7, 11) is 0. The van der Waals surface area contributed by atoms with Crippen molar-refractivity contribution in [2.45, 2.75) is 57.2 Å². The number of ether oxygens (including phenoxy) is 1. The molecule has 0 aromatic carbocycles. The molecule has 0 aromatic rings. The fourth-order valence-corrected chi connectivity index (χ4v) is 2.36. The van der Waals surface area contributed by atoms with E-state index in [4.69, 9.17) is 9.84 Å². The van der Waals surface area contributed by atoms with Gasteiger partial charge in [-0.1, -0.05) is 13.8 Å². The van der Waals surface area contributed by atoms with Gasteiger partial charge in [0, 0.05) is 19.5 Å². The van der Waals surface area contributed by atoms with Crippen molar-refractivity contribution in [2.24, 2.45) is 0 Å². The van der Waals surface area contributed by atoms with Gasteiger partial charge in [-0.3, -0.25) is 4.79 Å². The molecule has 4 atom stereocenters. The van der Waals surface area contributed by atoms with Gasteiger partial charge < -0.3 is 30.1 Å². The second kappa shape index (κ2) is 7.17. The number of aliphatic carboxylic acids is 1. The lowest BCUT2D eigenvalue weighted by atomic mass is 10.0. The van der Waals surface area contributed by atoms with Gasteiger partial charge in [-0.25, -0.2) is 4.79 Å². The Kier molecular flexibility index (Phi) is 6.09. The molecule has 8 nitrogen and oxygen atoms in total. The topological polar surface area (TPSA) is 128 Å². The second-order valence-electron chi connectivity index (χ2n) is 5.21. The van der Waals surface area contributed by atoms with Gasteiger partial charge in [0.05, 0.1) is 6.10 Å². The molecule has 1 rings (SSSR count). The Labute approximate surface area is 122 Å². The highest BCUT2D eigenvalue weighted by Gasteiger charge is 2.54. The zero-order valence-electron chi connectivity index (χ0n) is 12.2. The van der Waals surface area contributed by atoms with Gasteiger partial charge >= 0.3 is 5.97 Å². The first-order valence-corrected chi connectivity index (χ1v) is 7.05. The molecule has 1 amide bonds. The molecular weight excluding hydrogens is 282 g/mol. The lowest BCUT2D eigenvalue weighted by Gasteiger charge is -2.28. The van der Waals surface area contributed by atoms with Gasteiger partial charge in [0.1, 0.15) is 6.10 Å². The predicted molar refractivity (Wildman–Crippen MR) is 71.3 cm³/mol. The third-order valence-electron chi connectivity index (χ3n) is 3.39. The van der Waals surface area contributed by atoms with Gasteiger partial charge in [0.2, 0.25) is 0 Å². The number of carbonyl (C=O) groups is 2. The summed E-state index contributed by atoms with van der Waals surface area (Å²) in [6.07, 6.45) is -3.81. The Morgan fingerprint density at radius 1 is 1.33 bits per heavy atom. The van der Waals surface area contributed by atoms with E-state index in [1.807, 2.05) is 13.8 Å². The van der Waals surface area contributed by atoms with Crippen LogP contribution < -0.4 is 0 Å². The van der Waals surface area contributed by atoms with E-state index in [0.29, 0.717) is 25.9 Å². The van der Waals surface area contributed by atoms with Crippen LogP contribution in [0.1, 0.15) is 33.1 Å². The third kappa shape index (κ3) is 3.91. The lowest BCUT2D eigenvalue weighted by molar-refractivity contribution is -0.225. The monoisotopic (exact) mass is 305 g/mol. The van der Waals surface area contributed by atoms with E-state index in [0.717, 1.165) is 0 Å². The van der Waals surface area contributed by atoms with E-state index in [9.17, 15) is 24.9 Å². The fourth-order valence-electron chi connectivity index (χ4n) is 2.36. The van der Waals surface area contributed by atoms with Crippen molar-refractivity contribution >= 4 is 11.9 Å². The first-order chi connectivity index (χ1) is 9.76. The van der Waals surface area contributed by atoms with Gasteiger partial charge in [-0.2, -0.15) is 0 Å². The Morgan fingerprint density at radius 3 is 2.24 bits per heavy atom. The van der Waals surface area contributed by atoms with E-state index < -0.39 is 42.4 Å². The van der Waals surface area contributed by atoms with Crippen LogP contribution in [0.3, 0.4) is 0 Å². The van der Waals surface area contributed by atoms with Crippen LogP contribution in [0.25, 0.3) is 0 Å². The highest BCUT2D eigenvalue weighted by molar-refractivity contribution is 5.82. The minimum absolute atomic E-state index is 0.440. The van der Waals surface area contributed by atoms with E-state index in [-0.39, 0.29) is 0 Å². The maximum Gasteiger partial charge on any atom is 0.364 e. The van der Waals surface area contributed by atoms with Crippen molar-refractivity contribution in [1.82, 2.24) is 4.90 Å². The van der Waals surface area contributed by atoms with Crippen LogP contribution in [-0.4, -0.2) is 74.4 Å². The molecule has 1 aliphatic heterocycles. The summed E-state index contributed by atoms with van der Waals surface area (Å²) < 4.78 is 4.82. The summed E-state index contributed by atoms with van der Waals surface area (Å²) in [5, 5.41) is 38.3. The van der Waals surface area contributed by atoms with Crippen LogP contribution in [0.15, 0.2) is 0 Å². The van der Waals surface area contributed by atoms with Crippen molar-refractivity contribution in [3.63, 3.8) is 0 Å². The number of rotatable bonds is 7. The smallest absolute Gasteiger partial charge is 0.364 e. The minimum atomic E-state index is -2.58. The van der Waals surface area contributed by atoms with Crippen LogP contribution in [0.5, 0.6) is 0 Å². The Bertz CT molecular complexity index is 383. The molecule has 0 radical (unpaired) electrons. The lowest BCUT2D eigenvalue weighted by Crippen LogP contribution is -2.49. The molecule has 0 aliphatic carbocycles. The van der Waals surface area contributed by atoms with E-state index >= 15 is 0 Å². The second-order valence-corrected chi connectivity index (χ2v) is 5.21. The number of hydrogen-bond donors (Lipinski definition) is 4. The maximum atomic E-state index is 12.2. The standard InChI is InChI=1S/C13H23NO7/c1-3-5-14(6-4-2)11(17)9(16)10-8(15)7-13(20,21-10)12(18)19/h8-10,15-16,20H,3-7H2,1-2H3,(H,18,19)/t8-,9-,10-,13?/m1/s1. The molecule has 0 saturated carbocycles. The molecule has 0 bridgehead atoms. The van der Waals surface area contributed by atoms with E-state index in [2.05, 4.69) is 0 Å². The zero-order valence-corrected chi connectivity index (χ0v) is 12.2. The summed E-state index contributed by atoms with van der Waals surface area (Å²) in [5.41, 5.74) is 0. The van der Waals surface area contributed by atoms with Crippen LogP contribution >= 0.6 is 0 Å². The maximum absolute atomic E-state index is 12.2. The van der Waals surface area contributed by atoms with Crippen molar-refractivity contribution < 1.29 is 34.8 Å². The number of hydrogen-bond acceptors (Lipinski definition) is 6. The number of amides is 1. The summed E-state index contributed by atoms with van der Waals surface area (Å²) in [4.78, 5) is 24.5. The third-order valence-corrected chi connectivity index (χ3v) is 3.39. The Balaban J connectivity index is 2.80. The molecule has 1 fully saturated rings. The molecule has 8 heteroatoms. The number of aliphatic hydroxyl groups excluding tert-OH is 2. The predicted octanol–water partition coefficient (Wildman–Crippen LogP) is -1.08. The minimum Gasteiger partial charge on any atom is -0.477 e. The van der Waals surface area contributed by atoms with Crippen LogP contribution in [0, 0.1) is 0 Å². The number of carboxylic acids is 1. The zero-order chi connectivity index (χ0) is 16.2. The SMILES string of the molecule is CCCN(CCC)C(=O)[C@H](O)[C@@H]1OC(O)(C(=O)O)C[C@H]1O. The average molecular weight is 305 g/mol. The molecule has 1 aliphatic rings. The summed E-state index contributed by atoms with van der Waals surface area (Å²) >= 11 is 0. The molecule has 1 unspecified atom stereocenters. The average Bonchev–Trinajstić information content (AvgIpc) is 2.73. The van der Waals surface area contributed by atoms with Crippen molar-refractivity contribution in [3.05, 3.63) is 0 Å². The summed E-state index contributed by atoms with van der Waals surface area (Å²) in [6.45, 7) is 4.64. The molecule has 4 N–H and O–H groups in total. The normalized spacial score (nSPS) is 30.1. The molecular formula is C13H23NO7. The summed E-state index contributed by atoms with van der Waals surface area (Å²) in [6, 6.07) is 0. The first-order valence-electron chi connectivity index (χ1n) is 7.05. The van der Waals surface area contributed by atoms with E-state index in [1.165, 1.54) is 4.90 Å². The van der Waals surface area contributed by atoms with Crippen LogP contribution in [0.2, 0.25) is 0 Å². The quantitative estimate of drug-likeness (QED) is 0.471. The molecule has 0 spiro atoms. The van der Waals surface area contributed by atoms with Gasteiger partial charge in [0.15, 0.2) is 6.10 Å². The number of carboxylic acid groups (broad SMARTS) is 1. The highest BCUT2D eigenvalue weighted by Crippen LogP contribution is 2.31. The summed E-state index contributed by atoms with van der Waals surface area (Å²) in [5.74, 6) is -4.88. The fraction of sp³-hybridized carbons (Fsp3) is 0.846. The highest BCUT2D eigenvalue weighted by atomic mass is 16.7. The van der Waals surface area contributed by atoms with Crippen molar-refractivity contribution in [3.8, 4) is 0 Å². The van der Waals surface area contributed by atoms with Crippen LogP contribution in [0.4, 0.5) is 0 Å². The Morgan fingerprint density at radius 2 is 1.86 bits per heavy atom. The molecule has 122 valence electrons. The molecule has 0 aromatic heterocycles. The van der Waals surface area contributed by atoms with Gasteiger partial charge in [0.25, 0.3) is 11.7 Å². The first kappa shape index (κ1) is 17.8. The number of nitrogens with zero attached hydrogens (tertiary/aromatic N) is 1. The van der Waals surface area contributed by atoms with Crippen molar-refractivity contribution in [1.29, 1.82) is 0 Å². The largest absolute Gasteiger partial charge is 0.477 e.